The summed E-state index contributed by atoms with van der Waals surface area (Å²) < 4.78 is 0. The van der Waals surface area contributed by atoms with Crippen LogP contribution in [0.5, 0.6) is 0 Å². The Labute approximate surface area is 118 Å². The summed E-state index contributed by atoms with van der Waals surface area (Å²) in [5.41, 5.74) is 5.74. The fraction of sp³-hybridized carbons (Fsp3) is 0.938. The van der Waals surface area contributed by atoms with Gasteiger partial charge in [-0.3, -0.25) is 4.79 Å². The minimum atomic E-state index is 0.190. The van der Waals surface area contributed by atoms with Gasteiger partial charge in [0.2, 0.25) is 5.91 Å². The van der Waals surface area contributed by atoms with Crippen LogP contribution in [0.25, 0.3) is 0 Å². The molecule has 0 saturated heterocycles. The normalized spacial score (nSPS) is 25.3. The second kappa shape index (κ2) is 8.57. The average molecular weight is 268 g/mol. The number of nitrogens with two attached hydrogens (primary N) is 1. The van der Waals surface area contributed by atoms with Crippen molar-refractivity contribution < 1.29 is 4.79 Å². The van der Waals surface area contributed by atoms with E-state index in [0.717, 1.165) is 18.9 Å². The second-order valence-corrected chi connectivity index (χ2v) is 6.87. The molecule has 0 heterocycles. The van der Waals surface area contributed by atoms with Gasteiger partial charge in [0.25, 0.3) is 0 Å². The van der Waals surface area contributed by atoms with Gasteiger partial charge in [-0.05, 0) is 49.5 Å². The smallest absolute Gasteiger partial charge is 0.220 e. The van der Waals surface area contributed by atoms with Crippen LogP contribution < -0.4 is 11.1 Å². The summed E-state index contributed by atoms with van der Waals surface area (Å²) in [5, 5.41) is 3.11. The van der Waals surface area contributed by atoms with E-state index in [-0.39, 0.29) is 5.91 Å². The number of hydrogen-bond acceptors (Lipinski definition) is 2. The molecule has 1 aliphatic rings. The molecule has 1 amide bonds. The molecule has 19 heavy (non-hydrogen) atoms. The predicted octanol–water partition coefficient (Wildman–Crippen LogP) is 2.94. The van der Waals surface area contributed by atoms with Gasteiger partial charge in [0.05, 0.1) is 0 Å². The lowest BCUT2D eigenvalue weighted by molar-refractivity contribution is -0.122. The van der Waals surface area contributed by atoms with E-state index in [1.54, 1.807) is 0 Å². The van der Waals surface area contributed by atoms with Crippen LogP contribution in [0.3, 0.4) is 0 Å². The number of carbonyl (C=O) groups is 1. The number of nitrogens with one attached hydrogen (secondary N) is 1. The predicted molar refractivity (Wildman–Crippen MR) is 80.7 cm³/mol. The fourth-order valence-corrected chi connectivity index (χ4v) is 3.06. The Morgan fingerprint density at radius 1 is 1.26 bits per heavy atom. The Balaban J connectivity index is 2.19. The molecular weight excluding hydrogens is 236 g/mol. The van der Waals surface area contributed by atoms with Crippen molar-refractivity contribution >= 4 is 5.91 Å². The van der Waals surface area contributed by atoms with Gasteiger partial charge in [-0.1, -0.05) is 33.6 Å². The maximum absolute atomic E-state index is 11.9. The third-order valence-electron chi connectivity index (χ3n) is 4.34. The molecule has 0 aromatic rings. The molecule has 3 nitrogen and oxygen atoms in total. The molecular formula is C16H32N2O. The van der Waals surface area contributed by atoms with Gasteiger partial charge in [-0.15, -0.1) is 0 Å². The first-order valence-corrected chi connectivity index (χ1v) is 7.98. The molecule has 0 aromatic carbocycles. The van der Waals surface area contributed by atoms with Gasteiger partial charge in [0.1, 0.15) is 0 Å². The minimum Gasteiger partial charge on any atom is -0.356 e. The molecule has 0 aliphatic heterocycles. The van der Waals surface area contributed by atoms with Crippen LogP contribution in [0.1, 0.15) is 59.3 Å². The number of rotatable bonds is 7. The Bertz CT molecular complexity index is 257. The maximum Gasteiger partial charge on any atom is 0.220 e. The SMILES string of the molecule is CC(C)C[C@H](CN)CC(=O)NCC1CCC(C)CC1. The fourth-order valence-electron chi connectivity index (χ4n) is 3.06. The summed E-state index contributed by atoms with van der Waals surface area (Å²) in [6, 6.07) is 0. The Kier molecular flexibility index (Phi) is 7.44. The lowest BCUT2D eigenvalue weighted by Gasteiger charge is -2.26. The lowest BCUT2D eigenvalue weighted by atomic mass is 9.83. The molecule has 1 fully saturated rings. The van der Waals surface area contributed by atoms with Gasteiger partial charge in [-0.25, -0.2) is 0 Å². The highest BCUT2D eigenvalue weighted by atomic mass is 16.1. The zero-order chi connectivity index (χ0) is 14.3. The third-order valence-corrected chi connectivity index (χ3v) is 4.34. The lowest BCUT2D eigenvalue weighted by Crippen LogP contribution is -2.33. The summed E-state index contributed by atoms with van der Waals surface area (Å²) >= 11 is 0. The Morgan fingerprint density at radius 2 is 1.89 bits per heavy atom. The van der Waals surface area contributed by atoms with Crippen molar-refractivity contribution in [3.8, 4) is 0 Å². The quantitative estimate of drug-likeness (QED) is 0.746. The highest BCUT2D eigenvalue weighted by molar-refractivity contribution is 5.76. The molecule has 1 rings (SSSR count). The molecule has 0 radical (unpaired) electrons. The van der Waals surface area contributed by atoms with Crippen molar-refractivity contribution in [3.63, 3.8) is 0 Å². The van der Waals surface area contributed by atoms with E-state index in [9.17, 15) is 4.79 Å². The molecule has 3 heteroatoms. The molecule has 3 N–H and O–H groups in total. The van der Waals surface area contributed by atoms with Crippen molar-refractivity contribution in [1.29, 1.82) is 0 Å². The van der Waals surface area contributed by atoms with Gasteiger partial charge >= 0.3 is 0 Å². The molecule has 1 atom stereocenters. The van der Waals surface area contributed by atoms with Gasteiger partial charge < -0.3 is 11.1 Å². The highest BCUT2D eigenvalue weighted by Crippen LogP contribution is 2.27. The van der Waals surface area contributed by atoms with Crippen molar-refractivity contribution in [1.82, 2.24) is 5.32 Å². The van der Waals surface area contributed by atoms with E-state index in [2.05, 4.69) is 26.1 Å². The van der Waals surface area contributed by atoms with E-state index < -0.39 is 0 Å². The standard InChI is InChI=1S/C16H32N2O/c1-12(2)8-15(10-17)9-16(19)18-11-14-6-4-13(3)5-7-14/h12-15H,4-11,17H2,1-3H3,(H,18,19)/t13?,14?,15-/m0/s1. The van der Waals surface area contributed by atoms with Crippen LogP contribution in [-0.4, -0.2) is 19.0 Å². The monoisotopic (exact) mass is 268 g/mol. The summed E-state index contributed by atoms with van der Waals surface area (Å²) in [6.45, 7) is 8.18. The zero-order valence-corrected chi connectivity index (χ0v) is 13.0. The van der Waals surface area contributed by atoms with E-state index in [0.29, 0.717) is 30.7 Å². The van der Waals surface area contributed by atoms with Crippen LogP contribution in [0.2, 0.25) is 0 Å². The van der Waals surface area contributed by atoms with Crippen LogP contribution in [0.4, 0.5) is 0 Å². The first kappa shape index (κ1) is 16.5. The number of hydrogen-bond donors (Lipinski definition) is 2. The van der Waals surface area contributed by atoms with Gasteiger partial charge in [-0.2, -0.15) is 0 Å². The summed E-state index contributed by atoms with van der Waals surface area (Å²) in [7, 11) is 0. The third kappa shape index (κ3) is 6.95. The van der Waals surface area contributed by atoms with E-state index in [4.69, 9.17) is 5.73 Å². The number of carbonyl (C=O) groups excluding carboxylic acids is 1. The van der Waals surface area contributed by atoms with Crippen molar-refractivity contribution in [3.05, 3.63) is 0 Å². The van der Waals surface area contributed by atoms with Crippen LogP contribution in [0, 0.1) is 23.7 Å². The van der Waals surface area contributed by atoms with Crippen molar-refractivity contribution in [2.75, 3.05) is 13.1 Å². The summed E-state index contributed by atoms with van der Waals surface area (Å²) in [5.74, 6) is 2.71. The molecule has 0 bridgehead atoms. The molecule has 0 spiro atoms. The van der Waals surface area contributed by atoms with Crippen LogP contribution >= 0.6 is 0 Å². The van der Waals surface area contributed by atoms with Crippen LogP contribution in [0.15, 0.2) is 0 Å². The maximum atomic E-state index is 11.9. The van der Waals surface area contributed by atoms with Gasteiger partial charge in [0.15, 0.2) is 0 Å². The Hall–Kier alpha value is -0.570. The van der Waals surface area contributed by atoms with E-state index in [1.165, 1.54) is 25.7 Å². The first-order chi connectivity index (χ1) is 9.01. The van der Waals surface area contributed by atoms with Gasteiger partial charge in [0, 0.05) is 13.0 Å². The minimum absolute atomic E-state index is 0.190. The molecule has 1 saturated carbocycles. The molecule has 0 aromatic heterocycles. The highest BCUT2D eigenvalue weighted by Gasteiger charge is 2.19. The van der Waals surface area contributed by atoms with E-state index >= 15 is 0 Å². The Morgan fingerprint density at radius 3 is 2.42 bits per heavy atom. The largest absolute Gasteiger partial charge is 0.356 e. The van der Waals surface area contributed by atoms with Crippen molar-refractivity contribution in [2.24, 2.45) is 29.4 Å². The molecule has 112 valence electrons. The topological polar surface area (TPSA) is 55.1 Å². The van der Waals surface area contributed by atoms with Crippen molar-refractivity contribution in [2.45, 2.75) is 59.3 Å². The summed E-state index contributed by atoms with van der Waals surface area (Å²) in [4.78, 5) is 11.9. The van der Waals surface area contributed by atoms with Crippen LogP contribution in [-0.2, 0) is 4.79 Å². The second-order valence-electron chi connectivity index (χ2n) is 6.87. The number of amides is 1. The van der Waals surface area contributed by atoms with E-state index in [1.807, 2.05) is 0 Å². The molecule has 1 aliphatic carbocycles. The first-order valence-electron chi connectivity index (χ1n) is 7.98. The zero-order valence-electron chi connectivity index (χ0n) is 13.0. The molecule has 0 unspecified atom stereocenters. The average Bonchev–Trinajstić information content (AvgIpc) is 2.36. The summed E-state index contributed by atoms with van der Waals surface area (Å²) in [6.07, 6.45) is 6.82.